The number of benzene rings is 2. The number of amides is 1. The molecule has 1 saturated heterocycles. The lowest BCUT2D eigenvalue weighted by atomic mass is 10.1. The predicted octanol–water partition coefficient (Wildman–Crippen LogP) is 5.07. The largest absolute Gasteiger partial charge is 0.416 e. The molecule has 0 radical (unpaired) electrons. The molecule has 192 valence electrons. The van der Waals surface area contributed by atoms with Gasteiger partial charge in [-0.2, -0.15) is 13.2 Å². The van der Waals surface area contributed by atoms with Gasteiger partial charge in [0.15, 0.2) is 5.82 Å². The third kappa shape index (κ3) is 6.02. The summed E-state index contributed by atoms with van der Waals surface area (Å²) in [6.45, 7) is 2.16. The molecule has 3 aromatic rings. The SMILES string of the molecule is CC(=O)NC1CCN(c2cc(C(F)(F)F)ccc2Nc2ccc(S(=O)(=O)Nc3cscn3)cc2Cl)C1. The summed E-state index contributed by atoms with van der Waals surface area (Å²) >= 11 is 7.58. The zero-order valence-electron chi connectivity index (χ0n) is 18.8. The van der Waals surface area contributed by atoms with E-state index in [0.29, 0.717) is 30.9 Å². The fourth-order valence-corrected chi connectivity index (χ4v) is 5.70. The van der Waals surface area contributed by atoms with Crippen LogP contribution in [0.5, 0.6) is 0 Å². The minimum absolute atomic E-state index is 0.0551. The average molecular weight is 560 g/mol. The van der Waals surface area contributed by atoms with Crippen molar-refractivity contribution >= 4 is 61.7 Å². The molecule has 8 nitrogen and oxygen atoms in total. The summed E-state index contributed by atoms with van der Waals surface area (Å²) in [5, 5.41) is 7.40. The second kappa shape index (κ2) is 10.1. The number of nitrogens with one attached hydrogen (secondary N) is 3. The highest BCUT2D eigenvalue weighted by molar-refractivity contribution is 7.92. The fraction of sp³-hybridized carbons (Fsp3) is 0.273. The van der Waals surface area contributed by atoms with E-state index in [1.54, 1.807) is 4.90 Å². The molecule has 0 spiro atoms. The molecule has 0 saturated carbocycles. The smallest absolute Gasteiger partial charge is 0.368 e. The highest BCUT2D eigenvalue weighted by atomic mass is 35.5. The van der Waals surface area contributed by atoms with Crippen molar-refractivity contribution in [3.8, 4) is 0 Å². The van der Waals surface area contributed by atoms with Crippen molar-refractivity contribution in [1.82, 2.24) is 10.3 Å². The van der Waals surface area contributed by atoms with Gasteiger partial charge >= 0.3 is 6.18 Å². The molecule has 1 atom stereocenters. The number of nitrogens with zero attached hydrogens (tertiary/aromatic N) is 2. The molecular formula is C22H21ClF3N5O3S2. The Kier molecular flexibility index (Phi) is 7.34. The van der Waals surface area contributed by atoms with E-state index in [-0.39, 0.29) is 33.4 Å². The molecule has 36 heavy (non-hydrogen) atoms. The van der Waals surface area contributed by atoms with Gasteiger partial charge in [-0.1, -0.05) is 11.6 Å². The van der Waals surface area contributed by atoms with Crippen molar-refractivity contribution in [2.24, 2.45) is 0 Å². The molecule has 2 heterocycles. The highest BCUT2D eigenvalue weighted by Crippen LogP contribution is 2.39. The fourth-order valence-electron chi connectivity index (χ4n) is 3.83. The van der Waals surface area contributed by atoms with Crippen molar-refractivity contribution in [2.75, 3.05) is 28.0 Å². The van der Waals surface area contributed by atoms with Gasteiger partial charge in [0.25, 0.3) is 10.0 Å². The number of rotatable bonds is 7. The first-order chi connectivity index (χ1) is 16.9. The molecule has 1 fully saturated rings. The number of halogens is 4. The molecule has 1 unspecified atom stereocenters. The quantitative estimate of drug-likeness (QED) is 0.373. The zero-order valence-corrected chi connectivity index (χ0v) is 21.2. The maximum Gasteiger partial charge on any atom is 0.416 e. The maximum atomic E-state index is 13.4. The van der Waals surface area contributed by atoms with E-state index < -0.39 is 21.8 Å². The third-order valence-corrected chi connectivity index (χ3v) is 7.70. The number of carbonyl (C=O) groups excluding carboxylic acids is 1. The van der Waals surface area contributed by atoms with Crippen LogP contribution in [-0.2, 0) is 21.0 Å². The second-order valence-corrected chi connectivity index (χ2v) is 10.9. The van der Waals surface area contributed by atoms with Gasteiger partial charge in [0, 0.05) is 31.4 Å². The summed E-state index contributed by atoms with van der Waals surface area (Å²) in [7, 11) is -3.94. The lowest BCUT2D eigenvalue weighted by Gasteiger charge is -2.24. The van der Waals surface area contributed by atoms with Crippen LogP contribution in [0.15, 0.2) is 52.2 Å². The maximum absolute atomic E-state index is 13.4. The first-order valence-electron chi connectivity index (χ1n) is 10.6. The Balaban J connectivity index is 1.62. The van der Waals surface area contributed by atoms with Crippen molar-refractivity contribution in [3.63, 3.8) is 0 Å². The predicted molar refractivity (Wildman–Crippen MR) is 134 cm³/mol. The Morgan fingerprint density at radius 2 is 1.94 bits per heavy atom. The Hall–Kier alpha value is -3.03. The van der Waals surface area contributed by atoms with Gasteiger partial charge in [-0.15, -0.1) is 11.3 Å². The molecule has 14 heteroatoms. The summed E-state index contributed by atoms with van der Waals surface area (Å²) < 4.78 is 67.9. The van der Waals surface area contributed by atoms with Crippen LogP contribution < -0.4 is 20.3 Å². The zero-order chi connectivity index (χ0) is 26.1. The number of thiazole rings is 1. The molecule has 1 aliphatic rings. The number of sulfonamides is 1. The molecular weight excluding hydrogens is 539 g/mol. The van der Waals surface area contributed by atoms with E-state index >= 15 is 0 Å². The number of hydrogen-bond acceptors (Lipinski definition) is 7. The van der Waals surface area contributed by atoms with E-state index in [2.05, 4.69) is 20.3 Å². The molecule has 0 bridgehead atoms. The summed E-state index contributed by atoms with van der Waals surface area (Å²) in [4.78, 5) is 16.9. The van der Waals surface area contributed by atoms with Crippen LogP contribution in [-0.4, -0.2) is 38.4 Å². The molecule has 0 aliphatic carbocycles. The normalized spacial score (nSPS) is 16.1. The lowest BCUT2D eigenvalue weighted by Crippen LogP contribution is -2.35. The second-order valence-electron chi connectivity index (χ2n) is 8.11. The van der Waals surface area contributed by atoms with Crippen molar-refractivity contribution < 1.29 is 26.4 Å². The standard InChI is InChI=1S/C22H21ClF3N5O3S2/c1-13(32)28-15-6-7-31(10-15)20-8-14(22(24,25)26)2-4-19(20)29-18-5-3-16(9-17(18)23)36(33,34)30-21-11-35-12-27-21/h2-5,8-9,11-12,15,29-30H,6-7,10H2,1H3,(H,28,32). The minimum atomic E-state index is -4.54. The van der Waals surface area contributed by atoms with Crippen molar-refractivity contribution in [3.05, 3.63) is 57.9 Å². The topological polar surface area (TPSA) is 103 Å². The van der Waals surface area contributed by atoms with Crippen molar-refractivity contribution in [1.29, 1.82) is 0 Å². The third-order valence-electron chi connectivity index (χ3n) is 5.45. The Morgan fingerprint density at radius 1 is 1.19 bits per heavy atom. The Morgan fingerprint density at radius 3 is 2.58 bits per heavy atom. The van der Waals surface area contributed by atoms with Crippen LogP contribution in [0, 0.1) is 0 Å². The summed E-state index contributed by atoms with van der Waals surface area (Å²) in [5.74, 6) is -0.0359. The van der Waals surface area contributed by atoms with Gasteiger partial charge in [0.05, 0.1) is 38.1 Å². The number of aromatic nitrogens is 1. The van der Waals surface area contributed by atoms with Gasteiger partial charge in [0.2, 0.25) is 5.91 Å². The number of anilines is 4. The summed E-state index contributed by atoms with van der Waals surface area (Å²) in [6.07, 6.45) is -3.96. The van der Waals surface area contributed by atoms with Crippen LogP contribution in [0.1, 0.15) is 18.9 Å². The van der Waals surface area contributed by atoms with Gasteiger partial charge in [0.1, 0.15) is 0 Å². The van der Waals surface area contributed by atoms with Crippen LogP contribution >= 0.6 is 22.9 Å². The molecule has 1 aromatic heterocycles. The van der Waals surface area contributed by atoms with Crippen LogP contribution in [0.25, 0.3) is 0 Å². The lowest BCUT2D eigenvalue weighted by molar-refractivity contribution is -0.137. The molecule has 1 aliphatic heterocycles. The van der Waals surface area contributed by atoms with E-state index in [9.17, 15) is 26.4 Å². The summed E-state index contributed by atoms with van der Waals surface area (Å²) in [5.41, 5.74) is 1.62. The van der Waals surface area contributed by atoms with E-state index in [0.717, 1.165) is 12.1 Å². The van der Waals surface area contributed by atoms with Crippen molar-refractivity contribution in [2.45, 2.75) is 30.5 Å². The Labute approximate surface area is 214 Å². The molecule has 2 aromatic carbocycles. The van der Waals surface area contributed by atoms with E-state index in [4.69, 9.17) is 11.6 Å². The minimum Gasteiger partial charge on any atom is -0.368 e. The van der Waals surface area contributed by atoms with E-state index in [1.165, 1.54) is 53.4 Å². The highest BCUT2D eigenvalue weighted by Gasteiger charge is 2.33. The van der Waals surface area contributed by atoms with Crippen LogP contribution in [0.4, 0.5) is 36.1 Å². The van der Waals surface area contributed by atoms with Crippen LogP contribution in [0.2, 0.25) is 5.02 Å². The van der Waals surface area contributed by atoms with Crippen LogP contribution in [0.3, 0.4) is 0 Å². The number of carbonyl (C=O) groups is 1. The first kappa shape index (κ1) is 26.0. The average Bonchev–Trinajstić information content (AvgIpc) is 3.46. The van der Waals surface area contributed by atoms with Gasteiger partial charge in [-0.3, -0.25) is 9.52 Å². The van der Waals surface area contributed by atoms with E-state index in [1.807, 2.05) is 0 Å². The molecule has 4 rings (SSSR count). The summed E-state index contributed by atoms with van der Waals surface area (Å²) in [6, 6.07) is 7.11. The van der Waals surface area contributed by atoms with Gasteiger partial charge in [-0.05, 0) is 42.8 Å². The number of hydrogen-bond donors (Lipinski definition) is 3. The molecule has 1 amide bonds. The molecule has 3 N–H and O–H groups in total. The monoisotopic (exact) mass is 559 g/mol. The van der Waals surface area contributed by atoms with Gasteiger partial charge in [-0.25, -0.2) is 13.4 Å². The Bertz CT molecular complexity index is 1370. The number of alkyl halides is 3. The first-order valence-corrected chi connectivity index (χ1v) is 13.4. The van der Waals surface area contributed by atoms with Gasteiger partial charge < -0.3 is 15.5 Å².